The Balaban J connectivity index is 1.94. The predicted octanol–water partition coefficient (Wildman–Crippen LogP) is 5.42. The first-order valence-corrected chi connectivity index (χ1v) is 10.2. The number of aromatic nitrogens is 1. The molecule has 3 aromatic rings. The molecule has 2 aromatic carbocycles. The average Bonchev–Trinajstić information content (AvgIpc) is 2.63. The summed E-state index contributed by atoms with van der Waals surface area (Å²) >= 11 is 3.48. The normalized spacial score (nSPS) is 23.2. The van der Waals surface area contributed by atoms with Crippen LogP contribution in [-0.2, 0) is 5.41 Å². The third-order valence-corrected chi connectivity index (χ3v) is 6.44. The van der Waals surface area contributed by atoms with Crippen molar-refractivity contribution in [3.63, 3.8) is 0 Å². The minimum atomic E-state index is -4.86. The van der Waals surface area contributed by atoms with Crippen molar-refractivity contribution < 1.29 is 18.3 Å². The predicted molar refractivity (Wildman–Crippen MR) is 114 cm³/mol. The molecule has 0 aliphatic heterocycles. The van der Waals surface area contributed by atoms with Crippen LogP contribution in [-0.4, -0.2) is 21.9 Å². The molecule has 0 bridgehead atoms. The minimum absolute atomic E-state index is 0.305. The molecular formula is C22H20BrF3N2O2. The van der Waals surface area contributed by atoms with Crippen molar-refractivity contribution in [1.29, 1.82) is 0 Å². The number of pyridine rings is 1. The van der Waals surface area contributed by atoms with Gasteiger partial charge < -0.3 is 15.4 Å². The van der Waals surface area contributed by atoms with Gasteiger partial charge in [-0.2, -0.15) is 13.2 Å². The van der Waals surface area contributed by atoms with E-state index in [1.807, 2.05) is 0 Å². The van der Waals surface area contributed by atoms with Gasteiger partial charge in [0.1, 0.15) is 0 Å². The molecule has 8 heteroatoms. The smallest absolute Gasteiger partial charge is 0.379 e. The van der Waals surface area contributed by atoms with E-state index >= 15 is 0 Å². The van der Waals surface area contributed by atoms with E-state index in [1.165, 1.54) is 6.07 Å². The van der Waals surface area contributed by atoms with Crippen LogP contribution in [0.4, 0.5) is 18.9 Å². The summed E-state index contributed by atoms with van der Waals surface area (Å²) < 4.78 is 43.4. The molecule has 2 unspecified atom stereocenters. The summed E-state index contributed by atoms with van der Waals surface area (Å²) in [7, 11) is 0. The van der Waals surface area contributed by atoms with Crippen LogP contribution < -0.4 is 10.9 Å². The van der Waals surface area contributed by atoms with E-state index in [0.29, 0.717) is 26.6 Å². The maximum absolute atomic E-state index is 14.2. The van der Waals surface area contributed by atoms with Crippen molar-refractivity contribution in [2.45, 2.75) is 43.5 Å². The van der Waals surface area contributed by atoms with E-state index in [-0.39, 0.29) is 5.56 Å². The number of benzene rings is 2. The minimum Gasteiger partial charge on any atom is -0.379 e. The van der Waals surface area contributed by atoms with Gasteiger partial charge >= 0.3 is 6.18 Å². The zero-order valence-electron chi connectivity index (χ0n) is 16.3. The van der Waals surface area contributed by atoms with Gasteiger partial charge in [-0.25, -0.2) is 0 Å². The zero-order valence-corrected chi connectivity index (χ0v) is 17.9. The van der Waals surface area contributed by atoms with Gasteiger partial charge in [-0.15, -0.1) is 0 Å². The Morgan fingerprint density at radius 1 is 1.13 bits per heavy atom. The number of aliphatic hydroxyl groups is 1. The standard InChI is InChI=1S/C22H20BrF3N2O2/c1-20(2)11-21(30,22(24,25)26)19(13-5-3-6-14(23)18(13)20)28-16-8-4-7-15-12(16)9-10-17(29)27-15/h3-10,19,28,30H,11H2,1-2H3,(H,27,29). The molecule has 4 nitrogen and oxygen atoms in total. The zero-order chi connectivity index (χ0) is 21.9. The van der Waals surface area contributed by atoms with Crippen LogP contribution in [0.15, 0.2) is 57.8 Å². The van der Waals surface area contributed by atoms with Crippen molar-refractivity contribution in [1.82, 2.24) is 4.98 Å². The van der Waals surface area contributed by atoms with Crippen LogP contribution in [0.5, 0.6) is 0 Å². The molecule has 1 heterocycles. The van der Waals surface area contributed by atoms with Gasteiger partial charge in [-0.05, 0) is 47.2 Å². The number of H-pyrrole nitrogens is 1. The summed E-state index contributed by atoms with van der Waals surface area (Å²) in [4.78, 5) is 14.3. The van der Waals surface area contributed by atoms with E-state index < -0.39 is 29.7 Å². The summed E-state index contributed by atoms with van der Waals surface area (Å²) in [6, 6.07) is 11.5. The monoisotopic (exact) mass is 480 g/mol. The second kappa shape index (κ2) is 6.85. The van der Waals surface area contributed by atoms with Gasteiger partial charge in [0.05, 0.1) is 11.6 Å². The molecule has 0 fully saturated rings. The lowest BCUT2D eigenvalue weighted by Gasteiger charge is -2.49. The highest BCUT2D eigenvalue weighted by Crippen LogP contribution is 2.55. The van der Waals surface area contributed by atoms with Crippen LogP contribution in [0.3, 0.4) is 0 Å². The van der Waals surface area contributed by atoms with Crippen LogP contribution >= 0.6 is 15.9 Å². The fraction of sp³-hybridized carbons (Fsp3) is 0.318. The van der Waals surface area contributed by atoms with Crippen molar-refractivity contribution in [2.75, 3.05) is 5.32 Å². The number of nitrogens with one attached hydrogen (secondary N) is 2. The molecule has 0 saturated carbocycles. The number of hydrogen-bond acceptors (Lipinski definition) is 3. The van der Waals surface area contributed by atoms with Crippen LogP contribution in [0.25, 0.3) is 10.9 Å². The summed E-state index contributed by atoms with van der Waals surface area (Å²) in [6.45, 7) is 3.40. The Labute approximate surface area is 179 Å². The van der Waals surface area contributed by atoms with Gasteiger partial charge in [0.15, 0.2) is 5.60 Å². The Morgan fingerprint density at radius 3 is 2.53 bits per heavy atom. The number of halogens is 4. The third-order valence-electron chi connectivity index (χ3n) is 5.78. The Bertz CT molecular complexity index is 1190. The molecule has 2 atom stereocenters. The molecule has 1 aliphatic carbocycles. The van der Waals surface area contributed by atoms with Crippen molar-refractivity contribution in [3.05, 3.63) is 74.5 Å². The molecule has 4 rings (SSSR count). The van der Waals surface area contributed by atoms with Gasteiger partial charge in [-0.1, -0.05) is 48.0 Å². The van der Waals surface area contributed by atoms with Crippen molar-refractivity contribution >= 4 is 32.5 Å². The van der Waals surface area contributed by atoms with E-state index in [9.17, 15) is 23.1 Å². The van der Waals surface area contributed by atoms with Crippen LogP contribution in [0.2, 0.25) is 0 Å². The quantitative estimate of drug-likeness (QED) is 0.458. The van der Waals surface area contributed by atoms with E-state index in [1.54, 1.807) is 56.3 Å². The SMILES string of the molecule is CC1(C)CC(O)(C(F)(F)F)C(Nc2cccc3[nH]c(=O)ccc23)c2cccc(Br)c21. The molecule has 1 aliphatic rings. The first-order valence-electron chi connectivity index (χ1n) is 9.41. The molecule has 0 spiro atoms. The largest absolute Gasteiger partial charge is 0.419 e. The van der Waals surface area contributed by atoms with Crippen LogP contribution in [0, 0.1) is 0 Å². The van der Waals surface area contributed by atoms with E-state index in [2.05, 4.69) is 26.2 Å². The van der Waals surface area contributed by atoms with Gasteiger partial charge in [0.25, 0.3) is 0 Å². The van der Waals surface area contributed by atoms with Crippen LogP contribution in [0.1, 0.15) is 37.4 Å². The fourth-order valence-corrected chi connectivity index (χ4v) is 5.46. The molecule has 158 valence electrons. The Morgan fingerprint density at radius 2 is 1.83 bits per heavy atom. The maximum Gasteiger partial charge on any atom is 0.419 e. The van der Waals surface area contributed by atoms with Gasteiger partial charge in [-0.3, -0.25) is 4.79 Å². The molecule has 0 radical (unpaired) electrons. The molecule has 0 saturated heterocycles. The topological polar surface area (TPSA) is 65.1 Å². The highest BCUT2D eigenvalue weighted by atomic mass is 79.9. The number of hydrogen-bond donors (Lipinski definition) is 3. The molecule has 0 amide bonds. The lowest BCUT2D eigenvalue weighted by atomic mass is 9.63. The van der Waals surface area contributed by atoms with Gasteiger partial charge in [0.2, 0.25) is 5.56 Å². The summed E-state index contributed by atoms with van der Waals surface area (Å²) in [5.41, 5.74) is -2.22. The second-order valence-electron chi connectivity index (χ2n) is 8.35. The highest BCUT2D eigenvalue weighted by Gasteiger charge is 2.64. The van der Waals surface area contributed by atoms with Crippen molar-refractivity contribution in [3.8, 4) is 0 Å². The maximum atomic E-state index is 14.2. The molecule has 1 aromatic heterocycles. The first kappa shape index (κ1) is 20.9. The number of rotatable bonds is 2. The molecule has 3 N–H and O–H groups in total. The fourth-order valence-electron chi connectivity index (χ4n) is 4.55. The summed E-state index contributed by atoms with van der Waals surface area (Å²) in [5, 5.41) is 14.6. The Kier molecular flexibility index (Phi) is 4.78. The van der Waals surface area contributed by atoms with Gasteiger partial charge in [0, 0.05) is 21.6 Å². The lowest BCUT2D eigenvalue weighted by molar-refractivity contribution is -0.275. The number of fused-ring (bicyclic) bond motifs is 2. The van der Waals surface area contributed by atoms with E-state index in [0.717, 1.165) is 5.56 Å². The van der Waals surface area contributed by atoms with E-state index in [4.69, 9.17) is 0 Å². The Hall–Kier alpha value is -2.32. The summed E-state index contributed by atoms with van der Waals surface area (Å²) in [5.74, 6) is 0. The number of alkyl halides is 3. The first-order chi connectivity index (χ1) is 13.9. The summed E-state index contributed by atoms with van der Waals surface area (Å²) in [6.07, 6.45) is -5.36. The molecule has 30 heavy (non-hydrogen) atoms. The number of anilines is 1. The third kappa shape index (κ3) is 3.22. The lowest BCUT2D eigenvalue weighted by Crippen LogP contribution is -2.58. The van der Waals surface area contributed by atoms with Crippen molar-refractivity contribution in [2.24, 2.45) is 0 Å². The number of aromatic amines is 1. The molecular weight excluding hydrogens is 461 g/mol. The average molecular weight is 481 g/mol. The highest BCUT2D eigenvalue weighted by molar-refractivity contribution is 9.10. The second-order valence-corrected chi connectivity index (χ2v) is 9.21.